The van der Waals surface area contributed by atoms with Gasteiger partial charge in [0.1, 0.15) is 17.3 Å². The molecule has 0 atom stereocenters. The molecule has 0 saturated heterocycles. The summed E-state index contributed by atoms with van der Waals surface area (Å²) in [6, 6.07) is 14.7. The van der Waals surface area contributed by atoms with Gasteiger partial charge in [0.2, 0.25) is 5.91 Å². The lowest BCUT2D eigenvalue weighted by Crippen LogP contribution is -2.42. The topological polar surface area (TPSA) is 132 Å². The molecule has 186 valence electrons. The summed E-state index contributed by atoms with van der Waals surface area (Å²) in [5.41, 5.74) is 7.44. The van der Waals surface area contributed by atoms with Gasteiger partial charge in [-0.15, -0.1) is 0 Å². The third-order valence-corrected chi connectivity index (χ3v) is 5.45. The number of rotatable bonds is 11. The Hall–Kier alpha value is -4.05. The van der Waals surface area contributed by atoms with Crippen LogP contribution < -0.4 is 31.9 Å². The number of nitrogen functional groups attached to an aromatic ring is 1. The van der Waals surface area contributed by atoms with Gasteiger partial charge in [-0.05, 0) is 36.6 Å². The molecule has 1 aromatic heterocycles. The summed E-state index contributed by atoms with van der Waals surface area (Å²) in [5, 5.41) is 2.84. The Morgan fingerprint density at radius 1 is 1.14 bits per heavy atom. The number of carbonyl (C=O) groups is 1. The molecular formula is C25H31N5O5. The molecule has 35 heavy (non-hydrogen) atoms. The van der Waals surface area contributed by atoms with Crippen molar-refractivity contribution in [3.05, 3.63) is 80.5 Å². The average molecular weight is 482 g/mol. The fourth-order valence-corrected chi connectivity index (χ4v) is 3.76. The van der Waals surface area contributed by atoms with Crippen LogP contribution in [0.3, 0.4) is 0 Å². The van der Waals surface area contributed by atoms with Crippen molar-refractivity contribution in [1.82, 2.24) is 9.55 Å². The van der Waals surface area contributed by atoms with E-state index in [1.807, 2.05) is 43.3 Å². The summed E-state index contributed by atoms with van der Waals surface area (Å²) in [5.74, 6) is 0.135. The number of aromatic nitrogens is 2. The molecule has 0 spiro atoms. The van der Waals surface area contributed by atoms with E-state index in [0.29, 0.717) is 31.0 Å². The molecule has 0 radical (unpaired) electrons. The molecule has 4 N–H and O–H groups in total. The number of H-pyrrole nitrogens is 1. The van der Waals surface area contributed by atoms with Crippen molar-refractivity contribution >= 4 is 23.1 Å². The van der Waals surface area contributed by atoms with Gasteiger partial charge in [-0.1, -0.05) is 36.4 Å². The number of hydrogen-bond acceptors (Lipinski definition) is 7. The smallest absolute Gasteiger partial charge is 0.330 e. The van der Waals surface area contributed by atoms with Crippen LogP contribution in [-0.4, -0.2) is 49.4 Å². The zero-order valence-corrected chi connectivity index (χ0v) is 20.2. The Bertz CT molecular complexity index is 1270. The number of amides is 1. The van der Waals surface area contributed by atoms with Gasteiger partial charge in [-0.3, -0.25) is 19.1 Å². The van der Waals surface area contributed by atoms with Crippen molar-refractivity contribution in [2.24, 2.45) is 0 Å². The van der Waals surface area contributed by atoms with Gasteiger partial charge in [0.15, 0.2) is 0 Å². The second kappa shape index (κ2) is 11.9. The highest BCUT2D eigenvalue weighted by Crippen LogP contribution is 2.25. The third kappa shape index (κ3) is 6.51. The molecule has 0 saturated carbocycles. The summed E-state index contributed by atoms with van der Waals surface area (Å²) in [6.45, 7) is 2.64. The van der Waals surface area contributed by atoms with Crippen LogP contribution in [0.4, 0.5) is 17.2 Å². The van der Waals surface area contributed by atoms with Crippen molar-refractivity contribution in [2.75, 3.05) is 49.9 Å². The van der Waals surface area contributed by atoms with Gasteiger partial charge < -0.3 is 25.4 Å². The molecule has 0 unspecified atom stereocenters. The standard InChI is InChI=1S/C25H31N5O5/c1-17-10-11-20(35-3)19(14-17)27-21(31)16-29(12-7-13-34-2)22-23(26)30(25(33)28-24(22)32)15-18-8-5-4-6-9-18/h4-6,8-11,14H,7,12-13,15-16,26H2,1-3H3,(H,27,31)(H,28,32,33). The van der Waals surface area contributed by atoms with Crippen molar-refractivity contribution in [3.8, 4) is 5.75 Å². The highest BCUT2D eigenvalue weighted by molar-refractivity contribution is 5.95. The summed E-state index contributed by atoms with van der Waals surface area (Å²) in [6.07, 6.45) is 0.536. The van der Waals surface area contributed by atoms with E-state index in [0.717, 1.165) is 11.1 Å². The number of carbonyl (C=O) groups excluding carboxylic acids is 1. The maximum atomic E-state index is 13.0. The van der Waals surface area contributed by atoms with Crippen molar-refractivity contribution in [1.29, 1.82) is 0 Å². The normalized spacial score (nSPS) is 10.7. The van der Waals surface area contributed by atoms with Gasteiger partial charge in [-0.25, -0.2) is 4.79 Å². The van der Waals surface area contributed by atoms with E-state index in [-0.39, 0.29) is 30.5 Å². The Kier molecular flexibility index (Phi) is 8.69. The predicted molar refractivity (Wildman–Crippen MR) is 136 cm³/mol. The van der Waals surface area contributed by atoms with E-state index in [9.17, 15) is 14.4 Å². The zero-order chi connectivity index (χ0) is 25.4. The molecule has 0 bridgehead atoms. The van der Waals surface area contributed by atoms with Crippen molar-refractivity contribution in [3.63, 3.8) is 0 Å². The number of nitrogens with one attached hydrogen (secondary N) is 2. The number of hydrogen-bond donors (Lipinski definition) is 3. The van der Waals surface area contributed by atoms with Crippen LogP contribution in [0.1, 0.15) is 17.5 Å². The molecule has 0 fully saturated rings. The van der Waals surface area contributed by atoms with E-state index in [1.54, 1.807) is 24.1 Å². The maximum absolute atomic E-state index is 13.0. The molecule has 10 nitrogen and oxygen atoms in total. The van der Waals surface area contributed by atoms with E-state index in [2.05, 4.69) is 10.3 Å². The lowest BCUT2D eigenvalue weighted by molar-refractivity contribution is -0.115. The molecule has 10 heteroatoms. The van der Waals surface area contributed by atoms with Gasteiger partial charge in [0.05, 0.1) is 25.9 Å². The monoisotopic (exact) mass is 481 g/mol. The lowest BCUT2D eigenvalue weighted by atomic mass is 10.2. The predicted octanol–water partition coefficient (Wildman–Crippen LogP) is 1.97. The Balaban J connectivity index is 1.94. The molecule has 0 aliphatic rings. The fourth-order valence-electron chi connectivity index (χ4n) is 3.76. The number of methoxy groups -OCH3 is 2. The van der Waals surface area contributed by atoms with Crippen LogP contribution in [-0.2, 0) is 16.1 Å². The van der Waals surface area contributed by atoms with Crippen LogP contribution in [0.25, 0.3) is 0 Å². The fraction of sp³-hybridized carbons (Fsp3) is 0.320. The largest absolute Gasteiger partial charge is 0.495 e. The SMILES string of the molecule is COCCCN(CC(=O)Nc1cc(C)ccc1OC)c1c(N)n(Cc2ccccc2)c(=O)[nH]c1=O. The van der Waals surface area contributed by atoms with Crippen molar-refractivity contribution < 1.29 is 14.3 Å². The number of aryl methyl sites for hydroxylation is 1. The first-order chi connectivity index (χ1) is 16.8. The quantitative estimate of drug-likeness (QED) is 0.357. The number of nitrogens with zero attached hydrogens (tertiary/aromatic N) is 2. The van der Waals surface area contributed by atoms with Crippen molar-refractivity contribution in [2.45, 2.75) is 19.9 Å². The van der Waals surface area contributed by atoms with Gasteiger partial charge in [0, 0.05) is 20.3 Å². The lowest BCUT2D eigenvalue weighted by Gasteiger charge is -2.26. The third-order valence-electron chi connectivity index (χ3n) is 5.45. The number of anilines is 3. The molecule has 0 aliphatic heterocycles. The zero-order valence-electron chi connectivity index (χ0n) is 20.2. The minimum Gasteiger partial charge on any atom is -0.495 e. The summed E-state index contributed by atoms with van der Waals surface area (Å²) < 4.78 is 11.8. The molecular weight excluding hydrogens is 450 g/mol. The molecule has 1 heterocycles. The highest BCUT2D eigenvalue weighted by Gasteiger charge is 2.22. The van der Waals surface area contributed by atoms with E-state index in [4.69, 9.17) is 15.2 Å². The number of nitrogens with two attached hydrogens (primary N) is 1. The number of benzene rings is 2. The average Bonchev–Trinajstić information content (AvgIpc) is 2.82. The molecule has 0 aliphatic carbocycles. The Morgan fingerprint density at radius 2 is 1.89 bits per heavy atom. The van der Waals surface area contributed by atoms with E-state index >= 15 is 0 Å². The first kappa shape index (κ1) is 25.6. The second-order valence-corrected chi connectivity index (χ2v) is 8.08. The second-order valence-electron chi connectivity index (χ2n) is 8.08. The van der Waals surface area contributed by atoms with Gasteiger partial charge in [0.25, 0.3) is 5.56 Å². The van der Waals surface area contributed by atoms with E-state index in [1.165, 1.54) is 11.7 Å². The van der Waals surface area contributed by atoms with Crippen LogP contribution in [0.15, 0.2) is 58.1 Å². The first-order valence-electron chi connectivity index (χ1n) is 11.2. The molecule has 3 aromatic rings. The molecule has 2 aromatic carbocycles. The van der Waals surface area contributed by atoms with Crippen LogP contribution in [0, 0.1) is 6.92 Å². The molecule has 3 rings (SSSR count). The molecule has 1 amide bonds. The summed E-state index contributed by atoms with van der Waals surface area (Å²) >= 11 is 0. The number of aromatic amines is 1. The van der Waals surface area contributed by atoms with Crippen LogP contribution in [0.2, 0.25) is 0 Å². The minimum atomic E-state index is -0.657. The van der Waals surface area contributed by atoms with Gasteiger partial charge >= 0.3 is 5.69 Å². The first-order valence-corrected chi connectivity index (χ1v) is 11.2. The maximum Gasteiger partial charge on any atom is 0.330 e. The summed E-state index contributed by atoms with van der Waals surface area (Å²) in [7, 11) is 3.09. The Morgan fingerprint density at radius 3 is 2.57 bits per heavy atom. The van der Waals surface area contributed by atoms with Crippen LogP contribution >= 0.6 is 0 Å². The Labute approximate surface area is 203 Å². The minimum absolute atomic E-state index is 0.0130. The highest BCUT2D eigenvalue weighted by atomic mass is 16.5. The van der Waals surface area contributed by atoms with Gasteiger partial charge in [-0.2, -0.15) is 0 Å². The van der Waals surface area contributed by atoms with Crippen LogP contribution in [0.5, 0.6) is 5.75 Å². The van der Waals surface area contributed by atoms with E-state index < -0.39 is 11.2 Å². The number of ether oxygens (including phenoxy) is 2. The summed E-state index contributed by atoms with van der Waals surface area (Å²) in [4.78, 5) is 42.3.